The van der Waals surface area contributed by atoms with Gasteiger partial charge >= 0.3 is 0 Å². The molecule has 3 nitrogen and oxygen atoms in total. The molecule has 0 bridgehead atoms. The lowest BCUT2D eigenvalue weighted by atomic mass is 9.51. The highest BCUT2D eigenvalue weighted by Gasteiger charge is 2.63. The van der Waals surface area contributed by atoms with E-state index >= 15 is 0 Å². The molecule has 2 fully saturated rings. The quantitative estimate of drug-likeness (QED) is 0.737. The number of methoxy groups -OCH3 is 1. The number of hydrogen-bond acceptors (Lipinski definition) is 3. The predicted molar refractivity (Wildman–Crippen MR) is 98.8 cm³/mol. The summed E-state index contributed by atoms with van der Waals surface area (Å²) in [5.41, 5.74) is 2.27. The Labute approximate surface area is 152 Å². The topological polar surface area (TPSA) is 49.7 Å². The number of rotatable bonds is 2. The van der Waals surface area contributed by atoms with E-state index in [1.54, 1.807) is 25.2 Å². The van der Waals surface area contributed by atoms with Gasteiger partial charge in [-0.15, -0.1) is 0 Å². The molecule has 0 heterocycles. The van der Waals surface area contributed by atoms with Crippen molar-refractivity contribution in [2.45, 2.75) is 77.4 Å². The Morgan fingerprint density at radius 1 is 1.24 bits per heavy atom. The van der Waals surface area contributed by atoms with E-state index in [1.165, 1.54) is 6.42 Å². The molecule has 0 spiro atoms. The van der Waals surface area contributed by atoms with Crippen molar-refractivity contribution in [3.63, 3.8) is 0 Å². The first-order valence-corrected chi connectivity index (χ1v) is 10.2. The van der Waals surface area contributed by atoms with E-state index in [1.807, 2.05) is 0 Å². The van der Waals surface area contributed by atoms with Crippen LogP contribution in [0.2, 0.25) is 0 Å². The molecule has 0 saturated heterocycles. The molecule has 0 aromatic rings. The smallest absolute Gasteiger partial charge is 0.0959 e. The molecule has 25 heavy (non-hydrogen) atoms. The minimum Gasteiger partial charge on any atom is -0.501 e. The summed E-state index contributed by atoms with van der Waals surface area (Å²) in [6.07, 6.45) is 8.93. The number of aliphatic hydroxyl groups is 2. The highest BCUT2D eigenvalue weighted by molar-refractivity contribution is 5.34. The van der Waals surface area contributed by atoms with Crippen LogP contribution in [0.15, 0.2) is 23.0 Å². The largest absolute Gasteiger partial charge is 0.501 e. The molecule has 4 rings (SSSR count). The lowest BCUT2D eigenvalue weighted by Gasteiger charge is -2.55. The minimum atomic E-state index is -0.907. The average molecular weight is 347 g/mol. The van der Waals surface area contributed by atoms with Gasteiger partial charge in [-0.2, -0.15) is 0 Å². The molecule has 0 aliphatic heterocycles. The van der Waals surface area contributed by atoms with E-state index in [0.717, 1.165) is 44.3 Å². The van der Waals surface area contributed by atoms with Crippen LogP contribution in [0, 0.1) is 29.1 Å². The maximum Gasteiger partial charge on any atom is 0.0959 e. The molecule has 2 saturated carbocycles. The molecule has 7 atom stereocenters. The fourth-order valence-electron chi connectivity index (χ4n) is 7.10. The van der Waals surface area contributed by atoms with Crippen LogP contribution in [0.1, 0.15) is 65.7 Å². The number of hydrogen-bond donors (Lipinski definition) is 2. The second-order valence-electron chi connectivity index (χ2n) is 9.41. The van der Waals surface area contributed by atoms with Crippen molar-refractivity contribution >= 4 is 0 Å². The second-order valence-corrected chi connectivity index (χ2v) is 9.41. The van der Waals surface area contributed by atoms with E-state index in [4.69, 9.17) is 4.74 Å². The standard InChI is InChI=1S/C22H34O3/c1-13-11-19-17(16-6-5-15(25-4)12-18(13)16)7-9-21(3)20(19)8-10-22(21,24)14(2)23/h5,13-14,17,19-20,23-24H,6-12H2,1-4H3/t13-,14-,17+,19+,20-,21-,22-/m0/s1. The Kier molecular flexibility index (Phi) is 4.12. The summed E-state index contributed by atoms with van der Waals surface area (Å²) in [5, 5.41) is 21.6. The van der Waals surface area contributed by atoms with E-state index in [-0.39, 0.29) is 5.41 Å². The van der Waals surface area contributed by atoms with Gasteiger partial charge in [-0.1, -0.05) is 25.0 Å². The van der Waals surface area contributed by atoms with Gasteiger partial charge in [-0.25, -0.2) is 0 Å². The lowest BCUT2D eigenvalue weighted by Crippen LogP contribution is -2.56. The maximum atomic E-state index is 11.3. The van der Waals surface area contributed by atoms with E-state index in [2.05, 4.69) is 19.9 Å². The summed E-state index contributed by atoms with van der Waals surface area (Å²) >= 11 is 0. The third-order valence-corrected chi connectivity index (χ3v) is 8.60. The number of allylic oxidation sites excluding steroid dienone is 3. The van der Waals surface area contributed by atoms with Gasteiger partial charge in [0.2, 0.25) is 0 Å². The van der Waals surface area contributed by atoms with Gasteiger partial charge in [0.05, 0.1) is 24.6 Å². The van der Waals surface area contributed by atoms with Crippen LogP contribution in [-0.4, -0.2) is 29.0 Å². The molecular weight excluding hydrogens is 312 g/mol. The molecule has 2 N–H and O–H groups in total. The Balaban J connectivity index is 1.66. The number of ether oxygens (including phenoxy) is 1. The van der Waals surface area contributed by atoms with Crippen molar-refractivity contribution in [3.8, 4) is 0 Å². The summed E-state index contributed by atoms with van der Waals surface area (Å²) in [6.45, 7) is 6.42. The molecule has 0 aromatic heterocycles. The third-order valence-electron chi connectivity index (χ3n) is 8.60. The van der Waals surface area contributed by atoms with Crippen molar-refractivity contribution in [1.29, 1.82) is 0 Å². The number of fused-ring (bicyclic) bond motifs is 4. The highest BCUT2D eigenvalue weighted by atomic mass is 16.5. The Bertz CT molecular complexity index is 619. The molecule has 0 amide bonds. The van der Waals surface area contributed by atoms with E-state index in [0.29, 0.717) is 23.7 Å². The minimum absolute atomic E-state index is 0.137. The van der Waals surface area contributed by atoms with Crippen molar-refractivity contribution < 1.29 is 14.9 Å². The first-order chi connectivity index (χ1) is 11.8. The van der Waals surface area contributed by atoms with Crippen LogP contribution in [0.4, 0.5) is 0 Å². The van der Waals surface area contributed by atoms with E-state index in [9.17, 15) is 10.2 Å². The first kappa shape index (κ1) is 17.6. The fourth-order valence-corrected chi connectivity index (χ4v) is 7.10. The van der Waals surface area contributed by atoms with Crippen molar-refractivity contribution in [1.82, 2.24) is 0 Å². The molecule has 4 aliphatic rings. The lowest BCUT2D eigenvalue weighted by molar-refractivity contribution is -0.162. The zero-order chi connectivity index (χ0) is 18.0. The van der Waals surface area contributed by atoms with Gasteiger partial charge in [-0.05, 0) is 75.2 Å². The Hall–Kier alpha value is -0.800. The number of aliphatic hydroxyl groups excluding tert-OH is 1. The summed E-state index contributed by atoms with van der Waals surface area (Å²) in [6, 6.07) is 0. The average Bonchev–Trinajstić information content (AvgIpc) is 2.88. The van der Waals surface area contributed by atoms with Crippen LogP contribution >= 0.6 is 0 Å². The molecule has 4 aliphatic carbocycles. The molecular formula is C22H34O3. The second kappa shape index (κ2) is 5.85. The normalized spacial score (nSPS) is 47.5. The Morgan fingerprint density at radius 2 is 2.00 bits per heavy atom. The van der Waals surface area contributed by atoms with E-state index < -0.39 is 11.7 Å². The summed E-state index contributed by atoms with van der Waals surface area (Å²) in [4.78, 5) is 0. The fraction of sp³-hybridized carbons (Fsp3) is 0.818. The van der Waals surface area contributed by atoms with Crippen LogP contribution in [0.3, 0.4) is 0 Å². The summed E-state index contributed by atoms with van der Waals surface area (Å²) in [5.74, 6) is 3.62. The molecule has 0 aromatic carbocycles. The molecule has 0 unspecified atom stereocenters. The first-order valence-electron chi connectivity index (χ1n) is 10.2. The molecule has 0 radical (unpaired) electrons. The van der Waals surface area contributed by atoms with Gasteiger partial charge in [0.15, 0.2) is 0 Å². The monoisotopic (exact) mass is 346 g/mol. The third kappa shape index (κ3) is 2.31. The highest BCUT2D eigenvalue weighted by Crippen LogP contribution is 2.65. The SMILES string of the molecule is COC1=CCC2=C(C1)[C@@H](C)C[C@@H]1[C@@H]2CC[C@@]2(C)[C@H]1CC[C@]2(O)[C@H](C)O. The van der Waals surface area contributed by atoms with Crippen molar-refractivity contribution in [2.75, 3.05) is 7.11 Å². The Morgan fingerprint density at radius 3 is 2.68 bits per heavy atom. The van der Waals surface area contributed by atoms with Crippen molar-refractivity contribution in [2.24, 2.45) is 29.1 Å². The van der Waals surface area contributed by atoms with Gasteiger partial charge in [0.25, 0.3) is 0 Å². The molecule has 140 valence electrons. The van der Waals surface area contributed by atoms with Crippen LogP contribution in [0.5, 0.6) is 0 Å². The molecule has 3 heteroatoms. The van der Waals surface area contributed by atoms with Gasteiger partial charge in [-0.3, -0.25) is 0 Å². The van der Waals surface area contributed by atoms with Crippen LogP contribution < -0.4 is 0 Å². The predicted octanol–water partition coefficient (Wildman–Crippen LogP) is 4.20. The maximum absolute atomic E-state index is 11.3. The van der Waals surface area contributed by atoms with Crippen molar-refractivity contribution in [3.05, 3.63) is 23.0 Å². The summed E-state index contributed by atoms with van der Waals surface area (Å²) < 4.78 is 5.53. The van der Waals surface area contributed by atoms with Gasteiger partial charge < -0.3 is 14.9 Å². The summed E-state index contributed by atoms with van der Waals surface area (Å²) in [7, 11) is 1.79. The zero-order valence-electron chi connectivity index (χ0n) is 16.2. The van der Waals surface area contributed by atoms with Crippen LogP contribution in [0.25, 0.3) is 0 Å². The van der Waals surface area contributed by atoms with Gasteiger partial charge in [0.1, 0.15) is 0 Å². The van der Waals surface area contributed by atoms with Crippen LogP contribution in [-0.2, 0) is 4.74 Å². The zero-order valence-corrected chi connectivity index (χ0v) is 16.2. The van der Waals surface area contributed by atoms with Gasteiger partial charge in [0, 0.05) is 11.8 Å².